The number of hydrogen-bond donors (Lipinski definition) is 0. The molecule has 0 bridgehead atoms. The Balaban J connectivity index is 2.33. The van der Waals surface area contributed by atoms with Crippen LogP contribution in [-0.2, 0) is 0 Å². The largest absolute Gasteiger partial charge is 0.260 e. The lowest BCUT2D eigenvalue weighted by Crippen LogP contribution is -2.14. The molecule has 0 radical (unpaired) electrons. The van der Waals surface area contributed by atoms with E-state index < -0.39 is 0 Å². The molecule has 1 nitrogen and oxygen atoms in total. The molecule has 1 aromatic rings. The van der Waals surface area contributed by atoms with Gasteiger partial charge in [0.1, 0.15) is 0 Å². The van der Waals surface area contributed by atoms with Gasteiger partial charge in [-0.15, -0.1) is 0 Å². The van der Waals surface area contributed by atoms with Gasteiger partial charge in [-0.1, -0.05) is 31.9 Å². The summed E-state index contributed by atoms with van der Waals surface area (Å²) in [4.78, 5) is 4.66. The number of rotatable bonds is 2. The Morgan fingerprint density at radius 1 is 1.35 bits per heavy atom. The highest BCUT2D eigenvalue weighted by Gasteiger charge is 2.23. The highest BCUT2D eigenvalue weighted by atomic mass is 14.7. The molecule has 0 spiro atoms. The molecular formula is C16H23N. The molecule has 17 heavy (non-hydrogen) atoms. The van der Waals surface area contributed by atoms with Gasteiger partial charge in [0.15, 0.2) is 0 Å². The van der Waals surface area contributed by atoms with Gasteiger partial charge >= 0.3 is 0 Å². The van der Waals surface area contributed by atoms with Crippen LogP contribution in [0, 0.1) is 12.8 Å². The van der Waals surface area contributed by atoms with E-state index in [2.05, 4.69) is 44.0 Å². The molecule has 0 aromatic carbocycles. The standard InChI is InChI=1S/C16H23N/c1-4-6-15-13(3)9-10-17-16(15)14-8-5-7-12(2)11-14/h4,6,9-10,12,14H,5,7-8,11H2,1-3H3/b6-4-. The maximum Gasteiger partial charge on any atom is 0.0509 e. The number of aryl methyl sites for hydroxylation is 1. The van der Waals surface area contributed by atoms with Crippen LogP contribution in [0.2, 0.25) is 0 Å². The Labute approximate surface area is 105 Å². The normalized spacial score (nSPS) is 25.4. The summed E-state index contributed by atoms with van der Waals surface area (Å²) in [5.41, 5.74) is 4.04. The van der Waals surface area contributed by atoms with Crippen molar-refractivity contribution in [1.29, 1.82) is 0 Å². The zero-order valence-electron chi connectivity index (χ0n) is 11.2. The quantitative estimate of drug-likeness (QED) is 0.715. The van der Waals surface area contributed by atoms with Crippen molar-refractivity contribution < 1.29 is 0 Å². The van der Waals surface area contributed by atoms with Crippen molar-refractivity contribution in [3.8, 4) is 0 Å². The maximum absolute atomic E-state index is 4.66. The third kappa shape index (κ3) is 2.77. The van der Waals surface area contributed by atoms with E-state index >= 15 is 0 Å². The molecule has 1 aliphatic carbocycles. The van der Waals surface area contributed by atoms with Crippen molar-refractivity contribution in [1.82, 2.24) is 4.98 Å². The third-order valence-electron chi connectivity index (χ3n) is 3.90. The minimum Gasteiger partial charge on any atom is -0.260 e. The summed E-state index contributed by atoms with van der Waals surface area (Å²) in [6, 6.07) is 2.12. The van der Waals surface area contributed by atoms with Crippen LogP contribution < -0.4 is 0 Å². The average molecular weight is 229 g/mol. The van der Waals surface area contributed by atoms with Gasteiger partial charge in [-0.05, 0) is 49.8 Å². The van der Waals surface area contributed by atoms with Crippen LogP contribution in [0.4, 0.5) is 0 Å². The molecule has 1 heterocycles. The number of allylic oxidation sites excluding steroid dienone is 1. The Hall–Kier alpha value is -1.11. The zero-order valence-corrected chi connectivity index (χ0v) is 11.2. The second kappa shape index (κ2) is 5.48. The molecule has 92 valence electrons. The van der Waals surface area contributed by atoms with Gasteiger partial charge in [0, 0.05) is 12.1 Å². The molecule has 1 heteroatoms. The molecule has 1 aromatic heterocycles. The van der Waals surface area contributed by atoms with Crippen molar-refractivity contribution in [2.24, 2.45) is 5.92 Å². The molecule has 0 saturated heterocycles. The minimum absolute atomic E-state index is 0.671. The van der Waals surface area contributed by atoms with Gasteiger partial charge in [0.25, 0.3) is 0 Å². The number of aromatic nitrogens is 1. The van der Waals surface area contributed by atoms with Crippen molar-refractivity contribution in [3.05, 3.63) is 35.2 Å². The number of hydrogen-bond acceptors (Lipinski definition) is 1. The summed E-state index contributed by atoms with van der Waals surface area (Å²) in [5.74, 6) is 1.53. The lowest BCUT2D eigenvalue weighted by molar-refractivity contribution is 0.339. The van der Waals surface area contributed by atoms with Gasteiger partial charge < -0.3 is 0 Å². The Bertz CT molecular complexity index is 406. The molecule has 0 aliphatic heterocycles. The fraction of sp³-hybridized carbons (Fsp3) is 0.562. The lowest BCUT2D eigenvalue weighted by Gasteiger charge is -2.27. The van der Waals surface area contributed by atoms with Gasteiger partial charge in [-0.3, -0.25) is 4.98 Å². The van der Waals surface area contributed by atoms with E-state index in [1.54, 1.807) is 0 Å². The summed E-state index contributed by atoms with van der Waals surface area (Å²) in [5, 5.41) is 0. The monoisotopic (exact) mass is 229 g/mol. The van der Waals surface area contributed by atoms with E-state index in [1.807, 2.05) is 6.20 Å². The molecular weight excluding hydrogens is 206 g/mol. The van der Waals surface area contributed by atoms with Crippen LogP contribution in [0.5, 0.6) is 0 Å². The van der Waals surface area contributed by atoms with Crippen molar-refractivity contribution in [3.63, 3.8) is 0 Å². The molecule has 2 rings (SSSR count). The van der Waals surface area contributed by atoms with Crippen molar-refractivity contribution >= 4 is 6.08 Å². The van der Waals surface area contributed by atoms with Crippen LogP contribution in [-0.4, -0.2) is 4.98 Å². The summed E-state index contributed by atoms with van der Waals surface area (Å²) >= 11 is 0. The average Bonchev–Trinajstić information content (AvgIpc) is 2.32. The van der Waals surface area contributed by atoms with Crippen LogP contribution >= 0.6 is 0 Å². The van der Waals surface area contributed by atoms with Gasteiger partial charge in [-0.2, -0.15) is 0 Å². The predicted octanol–water partition coefficient (Wildman–Crippen LogP) is 4.72. The van der Waals surface area contributed by atoms with Crippen molar-refractivity contribution in [2.45, 2.75) is 52.4 Å². The van der Waals surface area contributed by atoms with E-state index in [0.29, 0.717) is 5.92 Å². The highest BCUT2D eigenvalue weighted by Crippen LogP contribution is 2.37. The van der Waals surface area contributed by atoms with Gasteiger partial charge in [0.05, 0.1) is 5.69 Å². The molecule has 2 unspecified atom stereocenters. The first kappa shape index (κ1) is 12.3. The molecule has 1 aliphatic rings. The summed E-state index contributed by atoms with van der Waals surface area (Å²) in [6.45, 7) is 6.64. The Morgan fingerprint density at radius 2 is 2.18 bits per heavy atom. The molecule has 2 atom stereocenters. The predicted molar refractivity (Wildman–Crippen MR) is 74.1 cm³/mol. The first-order chi connectivity index (χ1) is 8.22. The summed E-state index contributed by atoms with van der Waals surface area (Å²) < 4.78 is 0. The Kier molecular flexibility index (Phi) is 3.98. The SMILES string of the molecule is C/C=C\c1c(C)ccnc1C1CCCC(C)C1. The first-order valence-corrected chi connectivity index (χ1v) is 6.80. The smallest absolute Gasteiger partial charge is 0.0509 e. The highest BCUT2D eigenvalue weighted by molar-refractivity contribution is 5.56. The Morgan fingerprint density at radius 3 is 2.88 bits per heavy atom. The zero-order chi connectivity index (χ0) is 12.3. The van der Waals surface area contributed by atoms with E-state index in [1.165, 1.54) is 42.5 Å². The topological polar surface area (TPSA) is 12.9 Å². The third-order valence-corrected chi connectivity index (χ3v) is 3.90. The first-order valence-electron chi connectivity index (χ1n) is 6.80. The van der Waals surface area contributed by atoms with Gasteiger partial charge in [-0.25, -0.2) is 0 Å². The minimum atomic E-state index is 0.671. The van der Waals surface area contributed by atoms with E-state index in [0.717, 1.165) is 5.92 Å². The summed E-state index contributed by atoms with van der Waals surface area (Å²) in [6.07, 6.45) is 11.7. The second-order valence-electron chi connectivity index (χ2n) is 5.40. The second-order valence-corrected chi connectivity index (χ2v) is 5.40. The van der Waals surface area contributed by atoms with E-state index in [9.17, 15) is 0 Å². The molecule has 0 N–H and O–H groups in total. The van der Waals surface area contributed by atoms with Crippen molar-refractivity contribution in [2.75, 3.05) is 0 Å². The molecule has 1 fully saturated rings. The maximum atomic E-state index is 4.66. The van der Waals surface area contributed by atoms with Crippen LogP contribution in [0.1, 0.15) is 62.3 Å². The van der Waals surface area contributed by atoms with E-state index in [-0.39, 0.29) is 0 Å². The fourth-order valence-corrected chi connectivity index (χ4v) is 2.98. The van der Waals surface area contributed by atoms with Crippen LogP contribution in [0.3, 0.4) is 0 Å². The van der Waals surface area contributed by atoms with Crippen LogP contribution in [0.15, 0.2) is 18.3 Å². The number of nitrogens with zero attached hydrogens (tertiary/aromatic N) is 1. The molecule has 0 amide bonds. The fourth-order valence-electron chi connectivity index (χ4n) is 2.98. The van der Waals surface area contributed by atoms with Gasteiger partial charge in [0.2, 0.25) is 0 Å². The summed E-state index contributed by atoms with van der Waals surface area (Å²) in [7, 11) is 0. The van der Waals surface area contributed by atoms with Crippen LogP contribution in [0.25, 0.3) is 6.08 Å². The lowest BCUT2D eigenvalue weighted by atomic mass is 9.79. The number of pyridine rings is 1. The van der Waals surface area contributed by atoms with E-state index in [4.69, 9.17) is 0 Å². The molecule has 1 saturated carbocycles.